The Labute approximate surface area is 113 Å². The van der Waals surface area contributed by atoms with E-state index >= 15 is 0 Å². The molecular weight excluding hydrogens is 238 g/mol. The molecule has 0 amide bonds. The molecule has 1 atom stereocenters. The van der Waals surface area contributed by atoms with Crippen molar-refractivity contribution >= 4 is 5.95 Å². The normalized spacial score (nSPS) is 18.8. The molecule has 0 radical (unpaired) electrons. The summed E-state index contributed by atoms with van der Waals surface area (Å²) < 4.78 is 2.02. The van der Waals surface area contributed by atoms with Gasteiger partial charge >= 0.3 is 0 Å². The van der Waals surface area contributed by atoms with Gasteiger partial charge in [-0.2, -0.15) is 4.98 Å². The molecule has 0 bridgehead atoms. The first-order valence-electron chi connectivity index (χ1n) is 6.67. The molecule has 0 saturated carbocycles. The SMILES string of the molecule is CC(C)(C)C1CCNc2nc(-c3ccccn3)nn21. The molecule has 1 aliphatic rings. The summed E-state index contributed by atoms with van der Waals surface area (Å²) in [6.45, 7) is 7.68. The van der Waals surface area contributed by atoms with Crippen molar-refractivity contribution in [3.8, 4) is 11.5 Å². The topological polar surface area (TPSA) is 55.6 Å². The molecule has 1 unspecified atom stereocenters. The van der Waals surface area contributed by atoms with Crippen molar-refractivity contribution in [1.82, 2.24) is 19.7 Å². The second-order valence-corrected chi connectivity index (χ2v) is 6.02. The zero-order chi connectivity index (χ0) is 13.5. The molecule has 100 valence electrons. The maximum Gasteiger partial charge on any atom is 0.222 e. The van der Waals surface area contributed by atoms with E-state index in [2.05, 4.69) is 41.2 Å². The van der Waals surface area contributed by atoms with Crippen LogP contribution in [0.1, 0.15) is 33.2 Å². The molecule has 0 aliphatic carbocycles. The van der Waals surface area contributed by atoms with Gasteiger partial charge in [0.25, 0.3) is 0 Å². The molecular formula is C14H19N5. The largest absolute Gasteiger partial charge is 0.354 e. The number of rotatable bonds is 1. The zero-order valence-electron chi connectivity index (χ0n) is 11.6. The summed E-state index contributed by atoms with van der Waals surface area (Å²) in [6.07, 6.45) is 2.84. The fourth-order valence-corrected chi connectivity index (χ4v) is 2.51. The smallest absolute Gasteiger partial charge is 0.222 e. The Kier molecular flexibility index (Phi) is 2.77. The van der Waals surface area contributed by atoms with E-state index < -0.39 is 0 Å². The summed E-state index contributed by atoms with van der Waals surface area (Å²) in [7, 11) is 0. The fourth-order valence-electron chi connectivity index (χ4n) is 2.51. The summed E-state index contributed by atoms with van der Waals surface area (Å²) in [5.74, 6) is 1.55. The summed E-state index contributed by atoms with van der Waals surface area (Å²) in [4.78, 5) is 8.88. The average molecular weight is 257 g/mol. The van der Waals surface area contributed by atoms with Gasteiger partial charge in [-0.25, -0.2) is 4.68 Å². The Bertz CT molecular complexity index is 567. The Morgan fingerprint density at radius 3 is 2.84 bits per heavy atom. The van der Waals surface area contributed by atoms with E-state index in [-0.39, 0.29) is 5.41 Å². The van der Waals surface area contributed by atoms with Gasteiger partial charge in [-0.15, -0.1) is 5.10 Å². The van der Waals surface area contributed by atoms with Gasteiger partial charge in [-0.05, 0) is 24.0 Å². The second kappa shape index (κ2) is 4.33. The maximum absolute atomic E-state index is 4.65. The van der Waals surface area contributed by atoms with Crippen molar-refractivity contribution in [3.05, 3.63) is 24.4 Å². The van der Waals surface area contributed by atoms with E-state index in [1.807, 2.05) is 22.9 Å². The lowest BCUT2D eigenvalue weighted by atomic mass is 9.84. The number of hydrogen-bond acceptors (Lipinski definition) is 4. The van der Waals surface area contributed by atoms with Gasteiger partial charge in [0.05, 0.1) is 6.04 Å². The van der Waals surface area contributed by atoms with Crippen LogP contribution in [0.5, 0.6) is 0 Å². The number of nitrogens with one attached hydrogen (secondary N) is 1. The van der Waals surface area contributed by atoms with E-state index in [1.54, 1.807) is 6.20 Å². The predicted molar refractivity (Wildman–Crippen MR) is 74.9 cm³/mol. The van der Waals surface area contributed by atoms with E-state index in [4.69, 9.17) is 0 Å². The van der Waals surface area contributed by atoms with Gasteiger partial charge in [-0.3, -0.25) is 4.98 Å². The minimum atomic E-state index is 0.173. The molecule has 3 rings (SSSR count). The first kappa shape index (κ1) is 12.1. The minimum absolute atomic E-state index is 0.173. The molecule has 1 aliphatic heterocycles. The van der Waals surface area contributed by atoms with Gasteiger partial charge in [0.2, 0.25) is 11.8 Å². The van der Waals surface area contributed by atoms with Crippen LogP contribution in [-0.2, 0) is 0 Å². The number of fused-ring (bicyclic) bond motifs is 1. The zero-order valence-corrected chi connectivity index (χ0v) is 11.6. The molecule has 5 heteroatoms. The van der Waals surface area contributed by atoms with Crippen molar-refractivity contribution in [2.75, 3.05) is 11.9 Å². The highest BCUT2D eigenvalue weighted by Gasteiger charge is 2.32. The Balaban J connectivity index is 2.03. The monoisotopic (exact) mass is 257 g/mol. The molecule has 2 aromatic heterocycles. The maximum atomic E-state index is 4.65. The quantitative estimate of drug-likeness (QED) is 0.853. The highest BCUT2D eigenvalue weighted by atomic mass is 15.4. The van der Waals surface area contributed by atoms with Gasteiger partial charge < -0.3 is 5.32 Å². The van der Waals surface area contributed by atoms with Crippen LogP contribution in [-0.4, -0.2) is 26.3 Å². The van der Waals surface area contributed by atoms with Gasteiger partial charge in [-0.1, -0.05) is 26.8 Å². The van der Waals surface area contributed by atoms with Gasteiger partial charge in [0.1, 0.15) is 5.69 Å². The lowest BCUT2D eigenvalue weighted by Crippen LogP contribution is -2.32. The number of hydrogen-bond donors (Lipinski definition) is 1. The molecule has 0 saturated heterocycles. The molecule has 3 heterocycles. The summed E-state index contributed by atoms with van der Waals surface area (Å²) in [5, 5.41) is 7.97. The van der Waals surface area contributed by atoms with Gasteiger partial charge in [0, 0.05) is 12.7 Å². The fraction of sp³-hybridized carbons (Fsp3) is 0.500. The van der Waals surface area contributed by atoms with Crippen LogP contribution < -0.4 is 5.32 Å². The van der Waals surface area contributed by atoms with Crippen LogP contribution in [0.3, 0.4) is 0 Å². The van der Waals surface area contributed by atoms with E-state index in [0.717, 1.165) is 24.6 Å². The third-order valence-electron chi connectivity index (χ3n) is 3.52. The average Bonchev–Trinajstić information content (AvgIpc) is 2.82. The van der Waals surface area contributed by atoms with Crippen molar-refractivity contribution in [1.29, 1.82) is 0 Å². The lowest BCUT2D eigenvalue weighted by molar-refractivity contribution is 0.210. The van der Waals surface area contributed by atoms with Crippen LogP contribution in [0.15, 0.2) is 24.4 Å². The molecule has 0 fully saturated rings. The molecule has 19 heavy (non-hydrogen) atoms. The van der Waals surface area contributed by atoms with Crippen molar-refractivity contribution < 1.29 is 0 Å². The van der Waals surface area contributed by atoms with Crippen LogP contribution >= 0.6 is 0 Å². The van der Waals surface area contributed by atoms with Crippen molar-refractivity contribution in [2.24, 2.45) is 5.41 Å². The van der Waals surface area contributed by atoms with Crippen LogP contribution in [0, 0.1) is 5.41 Å². The van der Waals surface area contributed by atoms with E-state index in [1.165, 1.54) is 0 Å². The Morgan fingerprint density at radius 1 is 1.32 bits per heavy atom. The second-order valence-electron chi connectivity index (χ2n) is 6.02. The third-order valence-corrected chi connectivity index (χ3v) is 3.52. The number of nitrogens with zero attached hydrogens (tertiary/aromatic N) is 4. The minimum Gasteiger partial charge on any atom is -0.354 e. The van der Waals surface area contributed by atoms with Crippen LogP contribution in [0.4, 0.5) is 5.95 Å². The van der Waals surface area contributed by atoms with Crippen LogP contribution in [0.25, 0.3) is 11.5 Å². The Morgan fingerprint density at radius 2 is 2.16 bits per heavy atom. The molecule has 2 aromatic rings. The summed E-state index contributed by atoms with van der Waals surface area (Å²) in [5.41, 5.74) is 0.991. The number of pyridine rings is 1. The summed E-state index contributed by atoms with van der Waals surface area (Å²) in [6, 6.07) is 6.16. The van der Waals surface area contributed by atoms with E-state index in [9.17, 15) is 0 Å². The summed E-state index contributed by atoms with van der Waals surface area (Å²) >= 11 is 0. The first-order chi connectivity index (χ1) is 9.05. The standard InChI is InChI=1S/C14H19N5/c1-14(2,3)11-7-9-16-13-17-12(18-19(11)13)10-6-4-5-8-15-10/h4-6,8,11H,7,9H2,1-3H3,(H,16,17,18). The lowest BCUT2D eigenvalue weighted by Gasteiger charge is -2.34. The molecule has 5 nitrogen and oxygen atoms in total. The predicted octanol–water partition coefficient (Wildman–Crippen LogP) is 2.74. The van der Waals surface area contributed by atoms with Gasteiger partial charge in [0.15, 0.2) is 0 Å². The highest BCUT2D eigenvalue weighted by Crippen LogP contribution is 2.37. The van der Waals surface area contributed by atoms with Crippen molar-refractivity contribution in [3.63, 3.8) is 0 Å². The third kappa shape index (κ3) is 2.20. The van der Waals surface area contributed by atoms with E-state index in [0.29, 0.717) is 11.9 Å². The molecule has 0 aromatic carbocycles. The molecule has 0 spiro atoms. The number of anilines is 1. The molecule has 1 N–H and O–H groups in total. The first-order valence-corrected chi connectivity index (χ1v) is 6.67. The number of aromatic nitrogens is 4. The van der Waals surface area contributed by atoms with Crippen molar-refractivity contribution in [2.45, 2.75) is 33.2 Å². The Hall–Kier alpha value is -1.91. The van der Waals surface area contributed by atoms with Crippen LogP contribution in [0.2, 0.25) is 0 Å². The highest BCUT2D eigenvalue weighted by molar-refractivity contribution is 5.51.